The Labute approximate surface area is 112 Å². The molecule has 2 rings (SSSR count). The van der Waals surface area contributed by atoms with E-state index >= 15 is 0 Å². The number of aliphatic hydroxyl groups is 1. The standard InChI is InChI=1S/C15H15ClO2/c1-2-15(17)11-3-7-13(8-4-11)18-14-9-5-12(16)6-10-14/h3-10,15,17H,2H2,1H3/t15-/m0/s1. The fraction of sp³-hybridized carbons (Fsp3) is 0.200. The van der Waals surface area contributed by atoms with Gasteiger partial charge >= 0.3 is 0 Å². The van der Waals surface area contributed by atoms with Gasteiger partial charge in [0.05, 0.1) is 6.10 Å². The average Bonchev–Trinajstić information content (AvgIpc) is 2.41. The first-order chi connectivity index (χ1) is 8.69. The number of benzene rings is 2. The highest BCUT2D eigenvalue weighted by atomic mass is 35.5. The Kier molecular flexibility index (Phi) is 4.24. The van der Waals surface area contributed by atoms with Gasteiger partial charge in [0, 0.05) is 5.02 Å². The smallest absolute Gasteiger partial charge is 0.127 e. The van der Waals surface area contributed by atoms with Crippen LogP contribution in [0.2, 0.25) is 5.02 Å². The van der Waals surface area contributed by atoms with Gasteiger partial charge in [-0.25, -0.2) is 0 Å². The maximum atomic E-state index is 9.68. The molecule has 94 valence electrons. The van der Waals surface area contributed by atoms with E-state index in [1.165, 1.54) is 0 Å². The van der Waals surface area contributed by atoms with Gasteiger partial charge in [-0.2, -0.15) is 0 Å². The van der Waals surface area contributed by atoms with Crippen LogP contribution in [-0.2, 0) is 0 Å². The molecule has 2 aromatic rings. The fourth-order valence-electron chi connectivity index (χ4n) is 1.63. The second kappa shape index (κ2) is 5.89. The molecule has 3 heteroatoms. The summed E-state index contributed by atoms with van der Waals surface area (Å²) in [6, 6.07) is 14.6. The Morgan fingerprint density at radius 1 is 1.00 bits per heavy atom. The highest BCUT2D eigenvalue weighted by Gasteiger charge is 2.04. The molecule has 0 radical (unpaired) electrons. The van der Waals surface area contributed by atoms with E-state index in [1.54, 1.807) is 12.1 Å². The van der Waals surface area contributed by atoms with E-state index in [-0.39, 0.29) is 0 Å². The molecule has 0 spiro atoms. The minimum absolute atomic E-state index is 0.408. The highest BCUT2D eigenvalue weighted by molar-refractivity contribution is 6.30. The van der Waals surface area contributed by atoms with Crippen molar-refractivity contribution in [1.29, 1.82) is 0 Å². The lowest BCUT2D eigenvalue weighted by molar-refractivity contribution is 0.173. The monoisotopic (exact) mass is 262 g/mol. The van der Waals surface area contributed by atoms with Crippen molar-refractivity contribution in [3.8, 4) is 11.5 Å². The van der Waals surface area contributed by atoms with Crippen molar-refractivity contribution in [3.63, 3.8) is 0 Å². The summed E-state index contributed by atoms with van der Waals surface area (Å²) in [5, 5.41) is 10.4. The summed E-state index contributed by atoms with van der Waals surface area (Å²) in [6.07, 6.45) is 0.298. The van der Waals surface area contributed by atoms with Gasteiger partial charge in [-0.05, 0) is 48.4 Å². The highest BCUT2D eigenvalue weighted by Crippen LogP contribution is 2.25. The molecule has 2 aromatic carbocycles. The van der Waals surface area contributed by atoms with Crippen LogP contribution in [0.3, 0.4) is 0 Å². The van der Waals surface area contributed by atoms with Gasteiger partial charge in [0.15, 0.2) is 0 Å². The van der Waals surface area contributed by atoms with Crippen molar-refractivity contribution in [2.24, 2.45) is 0 Å². The van der Waals surface area contributed by atoms with Crippen molar-refractivity contribution in [2.75, 3.05) is 0 Å². The van der Waals surface area contributed by atoms with Crippen LogP contribution < -0.4 is 4.74 Å². The van der Waals surface area contributed by atoms with Crippen LogP contribution >= 0.6 is 11.6 Å². The molecule has 2 nitrogen and oxygen atoms in total. The molecule has 0 bridgehead atoms. The molecule has 0 aliphatic rings. The zero-order valence-corrected chi connectivity index (χ0v) is 10.9. The summed E-state index contributed by atoms with van der Waals surface area (Å²) < 4.78 is 5.66. The lowest BCUT2D eigenvalue weighted by atomic mass is 10.1. The molecule has 0 aromatic heterocycles. The first kappa shape index (κ1) is 12.9. The van der Waals surface area contributed by atoms with E-state index in [2.05, 4.69) is 0 Å². The molecule has 0 saturated carbocycles. The minimum Gasteiger partial charge on any atom is -0.457 e. The van der Waals surface area contributed by atoms with Crippen LogP contribution in [0.15, 0.2) is 48.5 Å². The summed E-state index contributed by atoms with van der Waals surface area (Å²) in [7, 11) is 0. The van der Waals surface area contributed by atoms with Gasteiger partial charge in [-0.15, -0.1) is 0 Å². The Morgan fingerprint density at radius 2 is 1.50 bits per heavy atom. The normalized spacial score (nSPS) is 12.2. The molecular weight excluding hydrogens is 248 g/mol. The maximum absolute atomic E-state index is 9.68. The second-order valence-corrected chi connectivity index (χ2v) is 4.49. The first-order valence-corrected chi connectivity index (χ1v) is 6.28. The van der Waals surface area contributed by atoms with Crippen LogP contribution in [0.4, 0.5) is 0 Å². The quantitative estimate of drug-likeness (QED) is 0.874. The van der Waals surface area contributed by atoms with Gasteiger partial charge < -0.3 is 9.84 Å². The number of hydrogen-bond donors (Lipinski definition) is 1. The van der Waals surface area contributed by atoms with E-state index in [0.29, 0.717) is 11.4 Å². The zero-order chi connectivity index (χ0) is 13.0. The van der Waals surface area contributed by atoms with Crippen LogP contribution in [0.5, 0.6) is 11.5 Å². The largest absolute Gasteiger partial charge is 0.457 e. The molecule has 0 fully saturated rings. The van der Waals surface area contributed by atoms with E-state index in [0.717, 1.165) is 17.1 Å². The molecule has 1 N–H and O–H groups in total. The molecule has 0 aliphatic carbocycles. The van der Waals surface area contributed by atoms with Crippen LogP contribution in [-0.4, -0.2) is 5.11 Å². The first-order valence-electron chi connectivity index (χ1n) is 5.90. The summed E-state index contributed by atoms with van der Waals surface area (Å²) >= 11 is 5.80. The SMILES string of the molecule is CC[C@H](O)c1ccc(Oc2ccc(Cl)cc2)cc1. The lowest BCUT2D eigenvalue weighted by Gasteiger charge is -2.10. The van der Waals surface area contributed by atoms with Crippen LogP contribution in [0, 0.1) is 0 Å². The second-order valence-electron chi connectivity index (χ2n) is 4.05. The number of ether oxygens (including phenoxy) is 1. The Hall–Kier alpha value is -1.51. The minimum atomic E-state index is -0.408. The predicted octanol–water partition coefficient (Wildman–Crippen LogP) is 4.58. The van der Waals surface area contributed by atoms with Gasteiger partial charge in [0.25, 0.3) is 0 Å². The van der Waals surface area contributed by atoms with Crippen molar-refractivity contribution in [1.82, 2.24) is 0 Å². The van der Waals surface area contributed by atoms with E-state index in [1.807, 2.05) is 43.3 Å². The van der Waals surface area contributed by atoms with Gasteiger partial charge in [-0.1, -0.05) is 30.7 Å². The van der Waals surface area contributed by atoms with E-state index < -0.39 is 6.10 Å². The van der Waals surface area contributed by atoms with Crippen LogP contribution in [0.1, 0.15) is 25.0 Å². The number of halogens is 1. The fourth-order valence-corrected chi connectivity index (χ4v) is 1.76. The predicted molar refractivity (Wildman–Crippen MR) is 73.2 cm³/mol. The third-order valence-electron chi connectivity index (χ3n) is 2.70. The van der Waals surface area contributed by atoms with Gasteiger partial charge in [0.2, 0.25) is 0 Å². The Balaban J connectivity index is 2.08. The number of hydrogen-bond acceptors (Lipinski definition) is 2. The molecule has 0 unspecified atom stereocenters. The lowest BCUT2D eigenvalue weighted by Crippen LogP contribution is -1.94. The van der Waals surface area contributed by atoms with Crippen molar-refractivity contribution in [2.45, 2.75) is 19.4 Å². The third-order valence-corrected chi connectivity index (χ3v) is 2.95. The Bertz CT molecular complexity index is 491. The Morgan fingerprint density at radius 3 is 2.00 bits per heavy atom. The van der Waals surface area contributed by atoms with E-state index in [4.69, 9.17) is 16.3 Å². The average molecular weight is 263 g/mol. The van der Waals surface area contributed by atoms with E-state index in [9.17, 15) is 5.11 Å². The summed E-state index contributed by atoms with van der Waals surface area (Å²) in [5.74, 6) is 1.48. The van der Waals surface area contributed by atoms with Crippen molar-refractivity contribution >= 4 is 11.6 Å². The molecule has 0 aliphatic heterocycles. The summed E-state index contributed by atoms with van der Waals surface area (Å²) in [4.78, 5) is 0. The third kappa shape index (κ3) is 3.25. The molecule has 0 amide bonds. The molecule has 18 heavy (non-hydrogen) atoms. The molecule has 1 atom stereocenters. The summed E-state index contributed by atoms with van der Waals surface area (Å²) in [6.45, 7) is 1.95. The van der Waals surface area contributed by atoms with Crippen molar-refractivity contribution in [3.05, 3.63) is 59.1 Å². The van der Waals surface area contributed by atoms with Crippen LogP contribution in [0.25, 0.3) is 0 Å². The number of aliphatic hydroxyl groups excluding tert-OH is 1. The van der Waals surface area contributed by atoms with Gasteiger partial charge in [-0.3, -0.25) is 0 Å². The number of rotatable bonds is 4. The molecule has 0 heterocycles. The zero-order valence-electron chi connectivity index (χ0n) is 10.1. The topological polar surface area (TPSA) is 29.5 Å². The maximum Gasteiger partial charge on any atom is 0.127 e. The van der Waals surface area contributed by atoms with Crippen molar-refractivity contribution < 1.29 is 9.84 Å². The summed E-state index contributed by atoms with van der Waals surface area (Å²) in [5.41, 5.74) is 0.904. The molecule has 0 saturated heterocycles. The van der Waals surface area contributed by atoms with Gasteiger partial charge in [0.1, 0.15) is 11.5 Å². The molecular formula is C15H15ClO2.